The van der Waals surface area contributed by atoms with Crippen LogP contribution in [0.4, 0.5) is 10.1 Å². The van der Waals surface area contributed by atoms with E-state index in [0.717, 1.165) is 22.3 Å². The zero-order chi connectivity index (χ0) is 18.7. The van der Waals surface area contributed by atoms with Gasteiger partial charge in [0.25, 0.3) is 5.91 Å². The van der Waals surface area contributed by atoms with E-state index in [1.54, 1.807) is 7.11 Å². The number of hydrogen-bond donors (Lipinski definition) is 1. The summed E-state index contributed by atoms with van der Waals surface area (Å²) in [7, 11) is 1.61. The summed E-state index contributed by atoms with van der Waals surface area (Å²) in [6.45, 7) is 0.550. The van der Waals surface area contributed by atoms with Crippen LogP contribution in [0.15, 0.2) is 42.5 Å². The molecular weight excluding hydrogens is 359 g/mol. The maximum absolute atomic E-state index is 13.3. The molecule has 7 heteroatoms. The Morgan fingerprint density at radius 3 is 2.62 bits per heavy atom. The number of nitrogens with one attached hydrogen (secondary N) is 1. The molecule has 136 valence electrons. The van der Waals surface area contributed by atoms with E-state index in [1.807, 2.05) is 24.3 Å². The lowest BCUT2D eigenvalue weighted by Crippen LogP contribution is -2.39. The second kappa shape index (κ2) is 7.85. The van der Waals surface area contributed by atoms with Crippen LogP contribution >= 0.6 is 11.6 Å². The lowest BCUT2D eigenvalue weighted by molar-refractivity contribution is -0.121. The predicted octanol–water partition coefficient (Wildman–Crippen LogP) is 2.95. The molecule has 1 saturated heterocycles. The summed E-state index contributed by atoms with van der Waals surface area (Å²) >= 11 is 5.75. The summed E-state index contributed by atoms with van der Waals surface area (Å²) in [5.41, 5.74) is 1.38. The van der Waals surface area contributed by atoms with Gasteiger partial charge in [0.05, 0.1) is 30.3 Å². The van der Waals surface area contributed by atoms with Crippen molar-refractivity contribution >= 4 is 29.1 Å². The Morgan fingerprint density at radius 2 is 1.96 bits per heavy atom. The van der Waals surface area contributed by atoms with Crippen LogP contribution in [0.3, 0.4) is 0 Å². The van der Waals surface area contributed by atoms with E-state index in [2.05, 4.69) is 5.32 Å². The van der Waals surface area contributed by atoms with Gasteiger partial charge in [-0.3, -0.25) is 9.59 Å². The van der Waals surface area contributed by atoms with Crippen LogP contribution < -0.4 is 15.0 Å². The van der Waals surface area contributed by atoms with Crippen LogP contribution in [0.2, 0.25) is 5.02 Å². The third-order valence-electron chi connectivity index (χ3n) is 4.27. The second-order valence-electron chi connectivity index (χ2n) is 5.97. The zero-order valence-corrected chi connectivity index (χ0v) is 14.9. The summed E-state index contributed by atoms with van der Waals surface area (Å²) in [6.07, 6.45) is 0.779. The fraction of sp³-hybridized carbons (Fsp3) is 0.263. The monoisotopic (exact) mass is 376 g/mol. The minimum Gasteiger partial charge on any atom is -0.497 e. The number of halogens is 2. The quantitative estimate of drug-likeness (QED) is 0.787. The van der Waals surface area contributed by atoms with E-state index in [4.69, 9.17) is 16.3 Å². The van der Waals surface area contributed by atoms with E-state index in [0.29, 0.717) is 13.0 Å². The number of nitrogens with zero attached hydrogens (tertiary/aromatic N) is 1. The molecule has 0 aromatic heterocycles. The van der Waals surface area contributed by atoms with Crippen molar-refractivity contribution in [2.45, 2.75) is 18.9 Å². The summed E-state index contributed by atoms with van der Waals surface area (Å²) in [5.74, 6) is -0.498. The smallest absolute Gasteiger partial charge is 0.251 e. The Morgan fingerprint density at radius 1 is 1.23 bits per heavy atom. The van der Waals surface area contributed by atoms with Crippen LogP contribution in [0.1, 0.15) is 12.0 Å². The molecule has 1 aliphatic rings. The van der Waals surface area contributed by atoms with Gasteiger partial charge in [0.2, 0.25) is 5.91 Å². The van der Waals surface area contributed by atoms with Crippen molar-refractivity contribution in [1.82, 2.24) is 5.32 Å². The van der Waals surface area contributed by atoms with Gasteiger partial charge in [0, 0.05) is 0 Å². The SMILES string of the molecule is COc1ccc(CCNC2CC(=O)N(c3ccc(F)c(Cl)c3)C2=O)cc1. The first kappa shape index (κ1) is 18.4. The maximum atomic E-state index is 13.3. The van der Waals surface area contributed by atoms with Crippen molar-refractivity contribution in [2.24, 2.45) is 0 Å². The minimum absolute atomic E-state index is 0.0659. The van der Waals surface area contributed by atoms with Crippen molar-refractivity contribution < 1.29 is 18.7 Å². The molecule has 0 radical (unpaired) electrons. The van der Waals surface area contributed by atoms with E-state index in [1.165, 1.54) is 12.1 Å². The number of carbonyl (C=O) groups excluding carboxylic acids is 2. The van der Waals surface area contributed by atoms with Crippen LogP contribution in [-0.2, 0) is 16.0 Å². The summed E-state index contributed by atoms with van der Waals surface area (Å²) < 4.78 is 18.4. The van der Waals surface area contributed by atoms with Gasteiger partial charge in [-0.25, -0.2) is 9.29 Å². The summed E-state index contributed by atoms with van der Waals surface area (Å²) in [5, 5.41) is 2.99. The standard InChI is InChI=1S/C19H18ClFN2O3/c1-26-14-5-2-12(3-6-14)8-9-22-17-11-18(24)23(19(17)25)13-4-7-16(21)15(20)10-13/h2-7,10,17,22H,8-9,11H2,1H3. The number of rotatable bonds is 6. The molecule has 0 aliphatic carbocycles. The third-order valence-corrected chi connectivity index (χ3v) is 4.56. The first-order valence-electron chi connectivity index (χ1n) is 8.18. The number of ether oxygens (including phenoxy) is 1. The number of carbonyl (C=O) groups is 2. The molecule has 1 unspecified atom stereocenters. The highest BCUT2D eigenvalue weighted by Crippen LogP contribution is 2.27. The Balaban J connectivity index is 1.60. The summed E-state index contributed by atoms with van der Waals surface area (Å²) in [6, 6.07) is 10.9. The first-order valence-corrected chi connectivity index (χ1v) is 8.55. The predicted molar refractivity (Wildman–Crippen MR) is 97.0 cm³/mol. The van der Waals surface area contributed by atoms with Crippen molar-refractivity contribution in [3.8, 4) is 5.75 Å². The van der Waals surface area contributed by atoms with Gasteiger partial charge < -0.3 is 10.1 Å². The number of benzene rings is 2. The molecule has 5 nitrogen and oxygen atoms in total. The molecule has 3 rings (SSSR count). The highest BCUT2D eigenvalue weighted by Gasteiger charge is 2.39. The average molecular weight is 377 g/mol. The van der Waals surface area contributed by atoms with Gasteiger partial charge in [-0.1, -0.05) is 23.7 Å². The Labute approximate surface area is 155 Å². The van der Waals surface area contributed by atoms with Crippen molar-refractivity contribution in [1.29, 1.82) is 0 Å². The topological polar surface area (TPSA) is 58.6 Å². The largest absolute Gasteiger partial charge is 0.497 e. The lowest BCUT2D eigenvalue weighted by Gasteiger charge is -2.16. The number of hydrogen-bond acceptors (Lipinski definition) is 4. The molecule has 2 amide bonds. The van der Waals surface area contributed by atoms with Gasteiger partial charge in [0.15, 0.2) is 0 Å². The Hall–Kier alpha value is -2.44. The van der Waals surface area contributed by atoms with Crippen molar-refractivity contribution in [3.63, 3.8) is 0 Å². The van der Waals surface area contributed by atoms with Crippen LogP contribution in [0.25, 0.3) is 0 Å². The lowest BCUT2D eigenvalue weighted by atomic mass is 10.1. The van der Waals surface area contributed by atoms with Gasteiger partial charge in [-0.05, 0) is 48.9 Å². The molecule has 1 atom stereocenters. The fourth-order valence-electron chi connectivity index (χ4n) is 2.87. The minimum atomic E-state index is -0.594. The molecule has 0 spiro atoms. The zero-order valence-electron chi connectivity index (χ0n) is 14.2. The maximum Gasteiger partial charge on any atom is 0.251 e. The molecule has 1 fully saturated rings. The highest BCUT2D eigenvalue weighted by atomic mass is 35.5. The highest BCUT2D eigenvalue weighted by molar-refractivity contribution is 6.31. The van der Waals surface area contributed by atoms with Gasteiger partial charge >= 0.3 is 0 Å². The van der Waals surface area contributed by atoms with Crippen molar-refractivity contribution in [2.75, 3.05) is 18.6 Å². The third kappa shape index (κ3) is 3.86. The van der Waals surface area contributed by atoms with E-state index >= 15 is 0 Å². The van der Waals surface area contributed by atoms with E-state index < -0.39 is 11.9 Å². The molecule has 26 heavy (non-hydrogen) atoms. The average Bonchev–Trinajstić information content (AvgIpc) is 2.92. The van der Waals surface area contributed by atoms with Crippen LogP contribution in [0, 0.1) is 5.82 Å². The summed E-state index contributed by atoms with van der Waals surface area (Å²) in [4.78, 5) is 25.8. The van der Waals surface area contributed by atoms with Crippen LogP contribution in [0.5, 0.6) is 5.75 Å². The molecule has 0 bridgehead atoms. The first-order chi connectivity index (χ1) is 12.5. The van der Waals surface area contributed by atoms with E-state index in [9.17, 15) is 14.0 Å². The number of imide groups is 1. The van der Waals surface area contributed by atoms with Crippen molar-refractivity contribution in [3.05, 3.63) is 58.9 Å². The molecule has 2 aromatic rings. The fourth-order valence-corrected chi connectivity index (χ4v) is 3.04. The van der Waals surface area contributed by atoms with Gasteiger partial charge in [0.1, 0.15) is 11.6 Å². The molecule has 1 N–H and O–H groups in total. The normalized spacial score (nSPS) is 17.0. The number of anilines is 1. The van der Waals surface area contributed by atoms with Gasteiger partial charge in [-0.2, -0.15) is 0 Å². The van der Waals surface area contributed by atoms with Gasteiger partial charge in [-0.15, -0.1) is 0 Å². The molecule has 1 heterocycles. The number of amides is 2. The van der Waals surface area contributed by atoms with E-state index in [-0.39, 0.29) is 28.9 Å². The van der Waals surface area contributed by atoms with Crippen LogP contribution in [-0.4, -0.2) is 31.5 Å². The Kier molecular flexibility index (Phi) is 5.54. The molecular formula is C19H18ClFN2O3. The second-order valence-corrected chi connectivity index (χ2v) is 6.38. The molecule has 2 aromatic carbocycles. The molecule has 1 aliphatic heterocycles. The number of methoxy groups -OCH3 is 1. The Bertz CT molecular complexity index is 826. The molecule has 0 saturated carbocycles.